The van der Waals surface area contributed by atoms with Crippen molar-refractivity contribution in [2.75, 3.05) is 20.7 Å². The zero-order chi connectivity index (χ0) is 9.97. The molecular weight excluding hydrogens is 174 g/mol. The van der Waals surface area contributed by atoms with Gasteiger partial charge in [-0.3, -0.25) is 0 Å². The van der Waals surface area contributed by atoms with Gasteiger partial charge in [-0.25, -0.2) is 0 Å². The van der Waals surface area contributed by atoms with E-state index in [4.69, 9.17) is 4.74 Å². The normalized spacial score (nSPS) is 15.6. The lowest BCUT2D eigenvalue weighted by Gasteiger charge is -2.16. The number of rotatable bonds is 2. The first-order valence-electron chi connectivity index (χ1n) is 4.87. The van der Waals surface area contributed by atoms with E-state index >= 15 is 0 Å². The Morgan fingerprint density at radius 3 is 2.86 bits per heavy atom. The van der Waals surface area contributed by atoms with Crippen molar-refractivity contribution in [2.24, 2.45) is 0 Å². The highest BCUT2D eigenvalue weighted by atomic mass is 16.5. The molecule has 1 aliphatic rings. The minimum absolute atomic E-state index is 0.920. The Hall–Kier alpha value is -1.44. The minimum Gasteiger partial charge on any atom is -0.497 e. The predicted octanol–water partition coefficient (Wildman–Crippen LogP) is 2.37. The Balaban J connectivity index is 2.32. The lowest BCUT2D eigenvalue weighted by Crippen LogP contribution is -2.11. The molecule has 1 aromatic carbocycles. The van der Waals surface area contributed by atoms with Gasteiger partial charge in [0, 0.05) is 24.9 Å². The van der Waals surface area contributed by atoms with Crippen LogP contribution < -0.4 is 4.74 Å². The molecule has 0 saturated heterocycles. The number of hydrogen-bond acceptors (Lipinski definition) is 2. The zero-order valence-electron chi connectivity index (χ0n) is 8.66. The molecule has 2 nitrogen and oxygen atoms in total. The van der Waals surface area contributed by atoms with Gasteiger partial charge in [-0.15, -0.1) is 0 Å². The smallest absolute Gasteiger partial charge is 0.119 e. The maximum atomic E-state index is 5.20. The van der Waals surface area contributed by atoms with E-state index in [1.54, 1.807) is 7.11 Å². The largest absolute Gasteiger partial charge is 0.497 e. The van der Waals surface area contributed by atoms with Gasteiger partial charge in [0.05, 0.1) is 7.11 Å². The van der Waals surface area contributed by atoms with Crippen molar-refractivity contribution in [3.63, 3.8) is 0 Å². The molecule has 0 radical (unpaired) electrons. The highest BCUT2D eigenvalue weighted by Crippen LogP contribution is 2.26. The maximum Gasteiger partial charge on any atom is 0.119 e. The van der Waals surface area contributed by atoms with Gasteiger partial charge in [0.25, 0.3) is 0 Å². The SMILES string of the molecule is COc1cccc(C2=CCCN2C)c1. The number of methoxy groups -OCH3 is 1. The summed E-state index contributed by atoms with van der Waals surface area (Å²) in [5.74, 6) is 0.920. The van der Waals surface area contributed by atoms with Crippen LogP contribution in [0.1, 0.15) is 12.0 Å². The first-order valence-corrected chi connectivity index (χ1v) is 4.87. The van der Waals surface area contributed by atoms with E-state index in [1.165, 1.54) is 11.3 Å². The van der Waals surface area contributed by atoms with Gasteiger partial charge in [0.1, 0.15) is 5.75 Å². The van der Waals surface area contributed by atoms with Crippen LogP contribution >= 0.6 is 0 Å². The molecule has 14 heavy (non-hydrogen) atoms. The van der Waals surface area contributed by atoms with Crippen LogP contribution in [0.2, 0.25) is 0 Å². The third-order valence-corrected chi connectivity index (χ3v) is 2.58. The molecule has 0 atom stereocenters. The van der Waals surface area contributed by atoms with E-state index in [-0.39, 0.29) is 0 Å². The van der Waals surface area contributed by atoms with E-state index in [0.29, 0.717) is 0 Å². The van der Waals surface area contributed by atoms with Crippen LogP contribution in [-0.2, 0) is 0 Å². The van der Waals surface area contributed by atoms with Gasteiger partial charge < -0.3 is 9.64 Å². The Bertz CT molecular complexity index is 357. The third-order valence-electron chi connectivity index (χ3n) is 2.58. The minimum atomic E-state index is 0.920. The van der Waals surface area contributed by atoms with E-state index in [9.17, 15) is 0 Å². The summed E-state index contributed by atoms with van der Waals surface area (Å²) in [7, 11) is 3.82. The molecule has 2 heteroatoms. The van der Waals surface area contributed by atoms with E-state index < -0.39 is 0 Å². The molecule has 0 N–H and O–H groups in total. The van der Waals surface area contributed by atoms with Crippen LogP contribution in [0.15, 0.2) is 30.3 Å². The summed E-state index contributed by atoms with van der Waals surface area (Å²) in [5, 5.41) is 0. The van der Waals surface area contributed by atoms with Crippen molar-refractivity contribution in [1.29, 1.82) is 0 Å². The van der Waals surface area contributed by atoms with E-state index in [2.05, 4.69) is 30.2 Å². The summed E-state index contributed by atoms with van der Waals surface area (Å²) in [6.45, 7) is 1.12. The zero-order valence-corrected chi connectivity index (χ0v) is 8.66. The highest BCUT2D eigenvalue weighted by Gasteiger charge is 2.12. The maximum absolute atomic E-state index is 5.20. The van der Waals surface area contributed by atoms with Gasteiger partial charge in [0.2, 0.25) is 0 Å². The van der Waals surface area contributed by atoms with E-state index in [1.807, 2.05) is 12.1 Å². The van der Waals surface area contributed by atoms with Crippen molar-refractivity contribution in [3.8, 4) is 5.75 Å². The molecule has 0 unspecified atom stereocenters. The van der Waals surface area contributed by atoms with Crippen LogP contribution in [0.3, 0.4) is 0 Å². The molecule has 0 spiro atoms. The van der Waals surface area contributed by atoms with Gasteiger partial charge in [-0.1, -0.05) is 18.2 Å². The number of benzene rings is 1. The molecule has 0 bridgehead atoms. The van der Waals surface area contributed by atoms with Crippen molar-refractivity contribution >= 4 is 5.70 Å². The molecule has 1 aliphatic heterocycles. The summed E-state index contributed by atoms with van der Waals surface area (Å²) in [4.78, 5) is 2.27. The number of ether oxygens (including phenoxy) is 1. The molecular formula is C12H15NO. The van der Waals surface area contributed by atoms with Crippen molar-refractivity contribution in [1.82, 2.24) is 4.90 Å². The molecule has 74 valence electrons. The van der Waals surface area contributed by atoms with Crippen LogP contribution in [0.4, 0.5) is 0 Å². The average Bonchev–Trinajstić information content (AvgIpc) is 2.65. The fourth-order valence-electron chi connectivity index (χ4n) is 1.79. The quantitative estimate of drug-likeness (QED) is 0.708. The van der Waals surface area contributed by atoms with Crippen LogP contribution in [0.25, 0.3) is 5.70 Å². The lowest BCUT2D eigenvalue weighted by atomic mass is 10.1. The fourth-order valence-corrected chi connectivity index (χ4v) is 1.79. The molecule has 0 aromatic heterocycles. The average molecular weight is 189 g/mol. The van der Waals surface area contributed by atoms with Gasteiger partial charge in [0.15, 0.2) is 0 Å². The van der Waals surface area contributed by atoms with Crippen LogP contribution in [-0.4, -0.2) is 25.6 Å². The van der Waals surface area contributed by atoms with Crippen molar-refractivity contribution in [3.05, 3.63) is 35.9 Å². The molecule has 1 heterocycles. The van der Waals surface area contributed by atoms with E-state index in [0.717, 1.165) is 18.7 Å². The number of hydrogen-bond donors (Lipinski definition) is 0. The third kappa shape index (κ3) is 1.60. The molecule has 0 aliphatic carbocycles. The molecule has 0 saturated carbocycles. The summed E-state index contributed by atoms with van der Waals surface area (Å²) < 4.78 is 5.20. The highest BCUT2D eigenvalue weighted by molar-refractivity contribution is 5.66. The van der Waals surface area contributed by atoms with Crippen molar-refractivity contribution in [2.45, 2.75) is 6.42 Å². The summed E-state index contributed by atoms with van der Waals surface area (Å²) in [6.07, 6.45) is 3.41. The second-order valence-electron chi connectivity index (χ2n) is 3.53. The Kier molecular flexibility index (Phi) is 2.44. The second-order valence-corrected chi connectivity index (χ2v) is 3.53. The standard InChI is InChI=1S/C12H15NO/c1-13-8-4-7-12(13)10-5-3-6-11(9-10)14-2/h3,5-7,9H,4,8H2,1-2H3. The second kappa shape index (κ2) is 3.74. The van der Waals surface area contributed by atoms with Gasteiger partial charge in [-0.2, -0.15) is 0 Å². The predicted molar refractivity (Wildman–Crippen MR) is 58.2 cm³/mol. The van der Waals surface area contributed by atoms with Crippen LogP contribution in [0, 0.1) is 0 Å². The van der Waals surface area contributed by atoms with Gasteiger partial charge in [-0.05, 0) is 18.6 Å². The summed E-state index contributed by atoms with van der Waals surface area (Å²) in [5.41, 5.74) is 2.55. The lowest BCUT2D eigenvalue weighted by molar-refractivity contribution is 0.414. The van der Waals surface area contributed by atoms with Crippen molar-refractivity contribution < 1.29 is 4.74 Å². The Labute approximate surface area is 84.8 Å². The summed E-state index contributed by atoms with van der Waals surface area (Å²) in [6, 6.07) is 8.20. The fraction of sp³-hybridized carbons (Fsp3) is 0.333. The molecule has 2 rings (SSSR count). The Morgan fingerprint density at radius 1 is 1.36 bits per heavy atom. The Morgan fingerprint density at radius 2 is 2.21 bits per heavy atom. The monoisotopic (exact) mass is 189 g/mol. The first kappa shape index (κ1) is 9.13. The summed E-state index contributed by atoms with van der Waals surface area (Å²) >= 11 is 0. The van der Waals surface area contributed by atoms with Gasteiger partial charge >= 0.3 is 0 Å². The topological polar surface area (TPSA) is 12.5 Å². The number of nitrogens with zero attached hydrogens (tertiary/aromatic N) is 1. The molecule has 0 amide bonds. The van der Waals surface area contributed by atoms with Crippen LogP contribution in [0.5, 0.6) is 5.75 Å². The first-order chi connectivity index (χ1) is 6.81. The molecule has 1 aromatic rings. The molecule has 0 fully saturated rings.